The Hall–Kier alpha value is -3.50. The van der Waals surface area contributed by atoms with Crippen molar-refractivity contribution >= 4 is 40.5 Å². The number of benzene rings is 1. The van der Waals surface area contributed by atoms with Crippen LogP contribution >= 0.6 is 11.3 Å². The van der Waals surface area contributed by atoms with Crippen LogP contribution in [0.5, 0.6) is 0 Å². The van der Waals surface area contributed by atoms with Gasteiger partial charge in [0.1, 0.15) is 10.6 Å². The lowest BCUT2D eigenvalue weighted by molar-refractivity contribution is -0.124. The third-order valence-electron chi connectivity index (χ3n) is 6.98. The number of aryl methyl sites for hydroxylation is 1. The number of amides is 2. The Morgan fingerprint density at radius 3 is 2.47 bits per heavy atom. The summed E-state index contributed by atoms with van der Waals surface area (Å²) in [7, 11) is 3.37. The van der Waals surface area contributed by atoms with E-state index in [-0.39, 0.29) is 28.7 Å². The molecular weight excluding hydrogens is 504 g/mol. The van der Waals surface area contributed by atoms with Crippen LogP contribution in [0.1, 0.15) is 59.7 Å². The molecule has 1 saturated carbocycles. The monoisotopic (exact) mass is 538 g/mol. The maximum absolute atomic E-state index is 13.7. The van der Waals surface area contributed by atoms with Crippen molar-refractivity contribution in [3.05, 3.63) is 53.4 Å². The highest BCUT2D eigenvalue weighted by molar-refractivity contribution is 7.18. The van der Waals surface area contributed by atoms with Crippen LogP contribution < -0.4 is 10.2 Å². The van der Waals surface area contributed by atoms with Crippen LogP contribution in [0.3, 0.4) is 0 Å². The van der Waals surface area contributed by atoms with Crippen molar-refractivity contribution in [2.24, 2.45) is 18.9 Å². The number of aromatic carboxylic acids is 1. The normalized spacial score (nSPS) is 18.1. The van der Waals surface area contributed by atoms with Crippen molar-refractivity contribution in [3.8, 4) is 10.4 Å². The van der Waals surface area contributed by atoms with Crippen LogP contribution in [-0.2, 0) is 16.6 Å². The predicted octanol–water partition coefficient (Wildman–Crippen LogP) is 5.29. The number of anilines is 2. The van der Waals surface area contributed by atoms with Gasteiger partial charge in [0, 0.05) is 36.8 Å². The Labute approximate surface area is 226 Å². The van der Waals surface area contributed by atoms with E-state index < -0.39 is 5.97 Å². The Morgan fingerprint density at radius 1 is 1.21 bits per heavy atom. The predicted molar refractivity (Wildman–Crippen MR) is 148 cm³/mol. The summed E-state index contributed by atoms with van der Waals surface area (Å²) in [6.45, 7) is 4.38. The van der Waals surface area contributed by atoms with Gasteiger partial charge in [-0.3, -0.25) is 9.59 Å². The summed E-state index contributed by atoms with van der Waals surface area (Å²) in [5.41, 5.74) is 2.10. The largest absolute Gasteiger partial charge is 0.477 e. The Balaban J connectivity index is 1.61. The number of rotatable bonds is 9. The number of carbonyl (C=O) groups excluding carboxylic acids is 2. The first-order valence-corrected chi connectivity index (χ1v) is 13.6. The Kier molecular flexibility index (Phi) is 8.63. The zero-order valence-electron chi connectivity index (χ0n) is 22.1. The fourth-order valence-corrected chi connectivity index (χ4v) is 5.89. The molecule has 38 heavy (non-hydrogen) atoms. The highest BCUT2D eigenvalue weighted by Gasteiger charge is 2.34. The first-order valence-electron chi connectivity index (χ1n) is 12.8. The summed E-state index contributed by atoms with van der Waals surface area (Å²) in [4.78, 5) is 45.0. The van der Waals surface area contributed by atoms with Crippen LogP contribution in [0, 0.1) is 11.8 Å². The lowest BCUT2D eigenvalue weighted by Gasteiger charge is -2.34. The molecule has 1 unspecified atom stereocenters. The van der Waals surface area contributed by atoms with Gasteiger partial charge in [0.25, 0.3) is 5.91 Å². The molecule has 0 saturated heterocycles. The zero-order valence-corrected chi connectivity index (χ0v) is 23.0. The smallest absolute Gasteiger partial charge is 0.348 e. The average Bonchev–Trinajstić information content (AvgIpc) is 3.52. The summed E-state index contributed by atoms with van der Waals surface area (Å²) in [6, 6.07) is 8.62. The van der Waals surface area contributed by atoms with Crippen LogP contribution in [0.25, 0.3) is 10.4 Å². The number of ether oxygens (including phenoxy) is 1. The lowest BCUT2D eigenvalue weighted by Crippen LogP contribution is -2.45. The van der Waals surface area contributed by atoms with E-state index in [4.69, 9.17) is 4.74 Å². The van der Waals surface area contributed by atoms with Gasteiger partial charge in [-0.2, -0.15) is 0 Å². The van der Waals surface area contributed by atoms with E-state index in [0.717, 1.165) is 47.5 Å². The first kappa shape index (κ1) is 27.5. The summed E-state index contributed by atoms with van der Waals surface area (Å²) >= 11 is 1.13. The first-order chi connectivity index (χ1) is 18.2. The molecule has 1 aliphatic rings. The van der Waals surface area contributed by atoms with Gasteiger partial charge in [-0.1, -0.05) is 19.1 Å². The lowest BCUT2D eigenvalue weighted by atomic mass is 9.82. The molecule has 1 aromatic carbocycles. The number of methoxy groups -OCH3 is 1. The second-order valence-electron chi connectivity index (χ2n) is 10.1. The maximum Gasteiger partial charge on any atom is 0.348 e. The van der Waals surface area contributed by atoms with E-state index in [1.54, 1.807) is 54.3 Å². The molecule has 2 aromatic heterocycles. The number of carboxylic acid groups (broad SMARTS) is 1. The maximum atomic E-state index is 13.7. The second kappa shape index (κ2) is 11.9. The molecule has 202 valence electrons. The molecule has 0 bridgehead atoms. The number of nitrogens with zero attached hydrogens (tertiary/aromatic N) is 3. The van der Waals surface area contributed by atoms with Gasteiger partial charge >= 0.3 is 5.97 Å². The quantitative estimate of drug-likeness (QED) is 0.383. The minimum atomic E-state index is -1.07. The molecule has 0 aliphatic heterocycles. The summed E-state index contributed by atoms with van der Waals surface area (Å²) in [5, 5.41) is 12.9. The van der Waals surface area contributed by atoms with E-state index in [1.807, 2.05) is 19.1 Å². The molecule has 2 heterocycles. The number of carbonyl (C=O) groups is 3. The molecule has 1 fully saturated rings. The number of carboxylic acids is 1. The molecule has 10 heteroatoms. The van der Waals surface area contributed by atoms with Crippen LogP contribution in [-0.4, -0.2) is 52.2 Å². The minimum absolute atomic E-state index is 0.0409. The van der Waals surface area contributed by atoms with E-state index >= 15 is 0 Å². The molecule has 9 nitrogen and oxygen atoms in total. The number of thiophene rings is 1. The van der Waals surface area contributed by atoms with Crippen LogP contribution in [0.15, 0.2) is 42.9 Å². The van der Waals surface area contributed by atoms with Gasteiger partial charge in [-0.05, 0) is 62.3 Å². The van der Waals surface area contributed by atoms with Crippen LogP contribution in [0.4, 0.5) is 11.4 Å². The van der Waals surface area contributed by atoms with Gasteiger partial charge in [0.05, 0.1) is 24.7 Å². The molecule has 1 aliphatic carbocycles. The molecule has 2 amide bonds. The highest BCUT2D eigenvalue weighted by atomic mass is 32.1. The van der Waals surface area contributed by atoms with E-state index in [2.05, 4.69) is 17.2 Å². The van der Waals surface area contributed by atoms with Gasteiger partial charge in [0.2, 0.25) is 5.91 Å². The Bertz CT molecular complexity index is 1290. The van der Waals surface area contributed by atoms with Gasteiger partial charge in [0.15, 0.2) is 0 Å². The SMILES string of the molecule is COCC(C)N(c1cc(-c2ccc(NC(=O)c3cn(C)cn3)cc2)sc1C(=O)O)C(=O)[C@H]1CC[C@H](C)CC1. The number of hydrogen-bond donors (Lipinski definition) is 2. The van der Waals surface area contributed by atoms with Crippen molar-refractivity contribution < 1.29 is 24.2 Å². The second-order valence-corrected chi connectivity index (χ2v) is 11.1. The molecule has 0 radical (unpaired) electrons. The number of aromatic nitrogens is 2. The standard InChI is InChI=1S/C28H34N4O5S/c1-17-5-7-20(8-6-17)27(34)32(18(2)15-37-4)23-13-24(38-25(23)28(35)36)19-9-11-21(12-10-19)30-26(33)22-14-31(3)16-29-22/h9-14,16-18,20H,5-8,15H2,1-4H3,(H,30,33)(H,35,36)/t17-,18?,20-. The molecule has 1 atom stereocenters. The van der Waals surface area contributed by atoms with Crippen molar-refractivity contribution in [1.29, 1.82) is 0 Å². The Morgan fingerprint density at radius 2 is 1.89 bits per heavy atom. The fourth-order valence-electron chi connectivity index (χ4n) is 4.89. The number of hydrogen-bond acceptors (Lipinski definition) is 6. The minimum Gasteiger partial charge on any atom is -0.477 e. The van der Waals surface area contributed by atoms with Gasteiger partial charge < -0.3 is 24.6 Å². The van der Waals surface area contributed by atoms with Crippen molar-refractivity contribution in [3.63, 3.8) is 0 Å². The van der Waals surface area contributed by atoms with E-state index in [0.29, 0.717) is 29.6 Å². The summed E-state index contributed by atoms with van der Waals surface area (Å²) < 4.78 is 7.05. The summed E-state index contributed by atoms with van der Waals surface area (Å²) in [5.74, 6) is -0.959. The van der Waals surface area contributed by atoms with Crippen LogP contribution in [0.2, 0.25) is 0 Å². The highest BCUT2D eigenvalue weighted by Crippen LogP contribution is 2.40. The van der Waals surface area contributed by atoms with Crippen molar-refractivity contribution in [2.75, 3.05) is 23.9 Å². The molecule has 2 N–H and O–H groups in total. The third kappa shape index (κ3) is 6.14. The average molecular weight is 539 g/mol. The summed E-state index contributed by atoms with van der Waals surface area (Å²) in [6.07, 6.45) is 6.79. The number of imidazole rings is 1. The zero-order chi connectivity index (χ0) is 27.4. The molecule has 3 aromatic rings. The van der Waals surface area contributed by atoms with Gasteiger partial charge in [-0.15, -0.1) is 11.3 Å². The topological polar surface area (TPSA) is 114 Å². The van der Waals surface area contributed by atoms with Gasteiger partial charge in [-0.25, -0.2) is 9.78 Å². The fraction of sp³-hybridized carbons (Fsp3) is 0.429. The molecular formula is C28H34N4O5S. The molecule has 0 spiro atoms. The van der Waals surface area contributed by atoms with E-state index in [9.17, 15) is 19.5 Å². The number of nitrogens with one attached hydrogen (secondary N) is 1. The molecule has 4 rings (SSSR count). The van der Waals surface area contributed by atoms with E-state index in [1.165, 1.54) is 0 Å². The third-order valence-corrected chi connectivity index (χ3v) is 8.14. The van der Waals surface area contributed by atoms with Crippen molar-refractivity contribution in [1.82, 2.24) is 9.55 Å². The van der Waals surface area contributed by atoms with Crippen molar-refractivity contribution in [2.45, 2.75) is 45.6 Å².